The summed E-state index contributed by atoms with van der Waals surface area (Å²) in [5, 5.41) is 22.5. The molecule has 144 valence electrons. The van der Waals surface area contributed by atoms with Crippen molar-refractivity contribution in [2.24, 2.45) is 0 Å². The molecular formula is C17H17N7O3S. The second-order valence-corrected chi connectivity index (χ2v) is 7.15. The maximum atomic E-state index is 12.1. The molecule has 1 fully saturated rings. The standard InChI is InChI=1S/C17H17N7O3S/c25-15(20-17-21-19-11-28-17)10-22-6-8-23(9-7-22)14-4-3-13(24(26)27)12-2-1-5-18-16(12)14/h1-5,11H,6-10H2,(H,20,21,25). The maximum absolute atomic E-state index is 12.1. The SMILES string of the molecule is O=C(CN1CCN(c2ccc([N+](=O)[O-])c3cccnc23)CC1)Nc1nncs1. The molecule has 3 heterocycles. The largest absolute Gasteiger partial charge is 0.367 e. The third kappa shape index (κ3) is 3.75. The number of nitro benzene ring substituents is 1. The Hall–Kier alpha value is -3.18. The van der Waals surface area contributed by atoms with Crippen LogP contribution in [0.2, 0.25) is 0 Å². The third-order valence-electron chi connectivity index (χ3n) is 4.61. The lowest BCUT2D eigenvalue weighted by atomic mass is 10.1. The number of fused-ring (bicyclic) bond motifs is 1. The molecule has 0 radical (unpaired) electrons. The second kappa shape index (κ2) is 7.82. The van der Waals surface area contributed by atoms with Crippen molar-refractivity contribution in [1.82, 2.24) is 20.1 Å². The first-order valence-corrected chi connectivity index (χ1v) is 9.55. The van der Waals surface area contributed by atoms with Crippen molar-refractivity contribution < 1.29 is 9.72 Å². The zero-order valence-electron chi connectivity index (χ0n) is 14.8. The Morgan fingerprint density at radius 2 is 2.07 bits per heavy atom. The van der Waals surface area contributed by atoms with Gasteiger partial charge in [-0.05, 0) is 18.2 Å². The van der Waals surface area contributed by atoms with Crippen molar-refractivity contribution in [3.8, 4) is 0 Å². The number of nitrogens with one attached hydrogen (secondary N) is 1. The van der Waals surface area contributed by atoms with Crippen LogP contribution < -0.4 is 10.2 Å². The van der Waals surface area contributed by atoms with Crippen LogP contribution in [-0.4, -0.2) is 63.6 Å². The molecule has 1 amide bonds. The van der Waals surface area contributed by atoms with Crippen LogP contribution >= 0.6 is 11.3 Å². The van der Waals surface area contributed by atoms with Gasteiger partial charge >= 0.3 is 0 Å². The molecule has 1 aliphatic heterocycles. The van der Waals surface area contributed by atoms with E-state index in [0.717, 1.165) is 5.69 Å². The van der Waals surface area contributed by atoms with Gasteiger partial charge in [0.1, 0.15) is 11.0 Å². The van der Waals surface area contributed by atoms with Gasteiger partial charge in [0.2, 0.25) is 11.0 Å². The molecule has 1 N–H and O–H groups in total. The van der Waals surface area contributed by atoms with Crippen molar-refractivity contribution >= 4 is 44.7 Å². The van der Waals surface area contributed by atoms with E-state index >= 15 is 0 Å². The van der Waals surface area contributed by atoms with E-state index in [1.54, 1.807) is 29.9 Å². The number of rotatable bonds is 5. The summed E-state index contributed by atoms with van der Waals surface area (Å²) in [6.07, 6.45) is 1.64. The zero-order chi connectivity index (χ0) is 19.5. The van der Waals surface area contributed by atoms with Crippen LogP contribution in [-0.2, 0) is 4.79 Å². The number of carbonyl (C=O) groups is 1. The van der Waals surface area contributed by atoms with Crippen molar-refractivity contribution in [3.05, 3.63) is 46.1 Å². The number of pyridine rings is 1. The number of benzene rings is 1. The molecule has 0 atom stereocenters. The topological polar surface area (TPSA) is 117 Å². The molecule has 10 nitrogen and oxygen atoms in total. The summed E-state index contributed by atoms with van der Waals surface area (Å²) in [5.41, 5.74) is 3.12. The first-order chi connectivity index (χ1) is 13.6. The molecule has 0 saturated carbocycles. The molecule has 11 heteroatoms. The van der Waals surface area contributed by atoms with Gasteiger partial charge in [-0.1, -0.05) is 11.3 Å². The van der Waals surface area contributed by atoms with E-state index < -0.39 is 0 Å². The second-order valence-electron chi connectivity index (χ2n) is 6.32. The smallest absolute Gasteiger partial charge is 0.278 e. The van der Waals surface area contributed by atoms with Gasteiger partial charge in [-0.3, -0.25) is 30.1 Å². The highest BCUT2D eigenvalue weighted by molar-refractivity contribution is 7.13. The molecule has 1 aromatic carbocycles. The molecule has 0 unspecified atom stereocenters. The molecule has 2 aromatic heterocycles. The van der Waals surface area contributed by atoms with Crippen LogP contribution in [0.4, 0.5) is 16.5 Å². The van der Waals surface area contributed by atoms with E-state index in [9.17, 15) is 14.9 Å². The van der Waals surface area contributed by atoms with Gasteiger partial charge in [-0.15, -0.1) is 10.2 Å². The summed E-state index contributed by atoms with van der Waals surface area (Å²) in [6.45, 7) is 3.10. The van der Waals surface area contributed by atoms with E-state index in [4.69, 9.17) is 0 Å². The predicted octanol–water partition coefficient (Wildman–Crippen LogP) is 1.76. The fraction of sp³-hybridized carbons (Fsp3) is 0.294. The first kappa shape index (κ1) is 18.2. The van der Waals surface area contributed by atoms with E-state index in [2.05, 4.69) is 30.3 Å². The third-order valence-corrected chi connectivity index (χ3v) is 5.22. The van der Waals surface area contributed by atoms with E-state index in [-0.39, 0.29) is 23.1 Å². The highest BCUT2D eigenvalue weighted by atomic mass is 32.1. The fourth-order valence-corrected chi connectivity index (χ4v) is 3.75. The number of non-ortho nitro benzene ring substituents is 1. The van der Waals surface area contributed by atoms with Crippen molar-refractivity contribution in [3.63, 3.8) is 0 Å². The van der Waals surface area contributed by atoms with Crippen LogP contribution in [0.3, 0.4) is 0 Å². The molecule has 1 saturated heterocycles. The molecule has 0 bridgehead atoms. The molecular weight excluding hydrogens is 382 g/mol. The number of piperazine rings is 1. The first-order valence-electron chi connectivity index (χ1n) is 8.67. The van der Waals surface area contributed by atoms with Crippen molar-refractivity contribution in [2.45, 2.75) is 0 Å². The average molecular weight is 399 g/mol. The van der Waals surface area contributed by atoms with Crippen molar-refractivity contribution in [2.75, 3.05) is 42.9 Å². The van der Waals surface area contributed by atoms with Gasteiger partial charge in [-0.25, -0.2) is 0 Å². The molecule has 1 aliphatic rings. The Labute approximate surface area is 164 Å². The Morgan fingerprint density at radius 3 is 2.79 bits per heavy atom. The van der Waals surface area contributed by atoms with Crippen LogP contribution in [0, 0.1) is 10.1 Å². The minimum atomic E-state index is -0.387. The number of aromatic nitrogens is 3. The molecule has 3 aromatic rings. The summed E-state index contributed by atoms with van der Waals surface area (Å²) in [7, 11) is 0. The summed E-state index contributed by atoms with van der Waals surface area (Å²) >= 11 is 1.28. The van der Waals surface area contributed by atoms with Gasteiger partial charge in [0.15, 0.2) is 0 Å². The number of hydrogen-bond acceptors (Lipinski definition) is 9. The summed E-state index contributed by atoms with van der Waals surface area (Å²) in [6, 6.07) is 6.71. The van der Waals surface area contributed by atoms with Crippen LogP contribution in [0.1, 0.15) is 0 Å². The summed E-state index contributed by atoms with van der Waals surface area (Å²) < 4.78 is 0. The van der Waals surface area contributed by atoms with Gasteiger partial charge in [0.25, 0.3) is 5.69 Å². The van der Waals surface area contributed by atoms with Gasteiger partial charge in [-0.2, -0.15) is 0 Å². The summed E-state index contributed by atoms with van der Waals surface area (Å²) in [4.78, 5) is 31.6. The Bertz CT molecular complexity index is 1000. The van der Waals surface area contributed by atoms with Crippen molar-refractivity contribution in [1.29, 1.82) is 0 Å². The summed E-state index contributed by atoms with van der Waals surface area (Å²) in [5.74, 6) is -0.118. The fourth-order valence-electron chi connectivity index (χ4n) is 3.29. The number of anilines is 2. The van der Waals surface area contributed by atoms with E-state index in [1.807, 2.05) is 0 Å². The Morgan fingerprint density at radius 1 is 1.25 bits per heavy atom. The normalized spacial score (nSPS) is 14.9. The lowest BCUT2D eigenvalue weighted by Gasteiger charge is -2.35. The molecule has 0 aliphatic carbocycles. The highest BCUT2D eigenvalue weighted by Crippen LogP contribution is 2.32. The molecule has 28 heavy (non-hydrogen) atoms. The number of nitro groups is 1. The highest BCUT2D eigenvalue weighted by Gasteiger charge is 2.23. The molecule has 4 rings (SSSR count). The minimum absolute atomic E-state index is 0.0545. The maximum Gasteiger partial charge on any atom is 0.278 e. The minimum Gasteiger partial charge on any atom is -0.367 e. The average Bonchev–Trinajstić information content (AvgIpc) is 3.20. The Kier molecular flexibility index (Phi) is 5.08. The predicted molar refractivity (Wildman–Crippen MR) is 106 cm³/mol. The quantitative estimate of drug-likeness (QED) is 0.509. The number of amides is 1. The van der Waals surface area contributed by atoms with Gasteiger partial charge in [0.05, 0.1) is 22.5 Å². The monoisotopic (exact) mass is 399 g/mol. The number of nitrogens with zero attached hydrogens (tertiary/aromatic N) is 6. The van der Waals surface area contributed by atoms with Crippen LogP contribution in [0.5, 0.6) is 0 Å². The lowest BCUT2D eigenvalue weighted by molar-refractivity contribution is -0.383. The van der Waals surface area contributed by atoms with E-state index in [0.29, 0.717) is 42.2 Å². The Balaban J connectivity index is 1.43. The zero-order valence-corrected chi connectivity index (χ0v) is 15.6. The van der Waals surface area contributed by atoms with Gasteiger partial charge < -0.3 is 4.90 Å². The molecule has 0 spiro atoms. The van der Waals surface area contributed by atoms with Crippen LogP contribution in [0.15, 0.2) is 36.0 Å². The lowest BCUT2D eigenvalue weighted by Crippen LogP contribution is -2.48. The van der Waals surface area contributed by atoms with E-state index in [1.165, 1.54) is 17.4 Å². The number of carbonyl (C=O) groups excluding carboxylic acids is 1. The van der Waals surface area contributed by atoms with Crippen LogP contribution in [0.25, 0.3) is 10.9 Å². The number of hydrogen-bond donors (Lipinski definition) is 1. The van der Waals surface area contributed by atoms with Gasteiger partial charge in [0, 0.05) is 38.4 Å².